The number of aliphatic carboxylic acids is 1. The molecule has 0 spiro atoms. The first-order valence-corrected chi connectivity index (χ1v) is 13.2. The summed E-state index contributed by atoms with van der Waals surface area (Å²) in [6.45, 7) is 3.39. The van der Waals surface area contributed by atoms with Crippen LogP contribution in [-0.2, 0) is 27.3 Å². The average Bonchev–Trinajstić information content (AvgIpc) is 3.35. The topological polar surface area (TPSA) is 122 Å². The van der Waals surface area contributed by atoms with Crippen LogP contribution in [0.1, 0.15) is 31.4 Å². The molecule has 1 aliphatic rings. The lowest BCUT2D eigenvalue weighted by Gasteiger charge is -2.24. The van der Waals surface area contributed by atoms with Crippen molar-refractivity contribution in [2.75, 3.05) is 12.3 Å². The van der Waals surface area contributed by atoms with Gasteiger partial charge in [-0.05, 0) is 24.1 Å². The van der Waals surface area contributed by atoms with Crippen LogP contribution < -0.4 is 15.8 Å². The molecule has 212 valence electrons. The molecule has 8 nitrogen and oxygen atoms in total. The third-order valence-electron chi connectivity index (χ3n) is 6.03. The molecule has 0 saturated carbocycles. The van der Waals surface area contributed by atoms with E-state index in [1.807, 2.05) is 0 Å². The number of carbonyl (C=O) groups excluding carboxylic acids is 2. The Labute approximate surface area is 226 Å². The van der Waals surface area contributed by atoms with E-state index in [0.29, 0.717) is 17.9 Å². The average molecular weight is 572 g/mol. The number of nitrogens with zero attached hydrogens (tertiary/aromatic N) is 1. The molecule has 3 rings (SSSR count). The van der Waals surface area contributed by atoms with Gasteiger partial charge in [0.2, 0.25) is 5.91 Å². The summed E-state index contributed by atoms with van der Waals surface area (Å²) in [5.74, 6) is -6.25. The fourth-order valence-corrected chi connectivity index (χ4v) is 5.15. The van der Waals surface area contributed by atoms with Crippen LogP contribution in [0.25, 0.3) is 0 Å². The number of carboxylic acids is 1. The van der Waals surface area contributed by atoms with Gasteiger partial charge in [-0.15, -0.1) is 11.8 Å². The second kappa shape index (κ2) is 13.2. The van der Waals surface area contributed by atoms with Gasteiger partial charge in [0.05, 0.1) is 0 Å². The summed E-state index contributed by atoms with van der Waals surface area (Å²) >= 11 is 1.21. The number of ether oxygens (including phenoxy) is 1. The first-order chi connectivity index (χ1) is 18.4. The number of benzene rings is 2. The van der Waals surface area contributed by atoms with Gasteiger partial charge < -0.3 is 25.8 Å². The molecule has 13 heteroatoms. The van der Waals surface area contributed by atoms with Crippen molar-refractivity contribution in [3.63, 3.8) is 0 Å². The Bertz CT molecular complexity index is 1230. The van der Waals surface area contributed by atoms with Crippen LogP contribution in [0.4, 0.5) is 17.6 Å². The Hall–Kier alpha value is -3.32. The third kappa shape index (κ3) is 7.85. The molecule has 4 N–H and O–H groups in total. The molecule has 2 amide bonds. The van der Waals surface area contributed by atoms with Crippen molar-refractivity contribution in [3.8, 4) is 5.75 Å². The van der Waals surface area contributed by atoms with Crippen molar-refractivity contribution in [1.29, 1.82) is 0 Å². The highest BCUT2D eigenvalue weighted by atomic mass is 32.2. The molecule has 1 fully saturated rings. The summed E-state index contributed by atoms with van der Waals surface area (Å²) in [7, 11) is 0. The van der Waals surface area contributed by atoms with E-state index in [1.54, 1.807) is 13.8 Å². The van der Waals surface area contributed by atoms with E-state index in [1.165, 1.54) is 28.8 Å². The molecule has 1 saturated heterocycles. The predicted octanol–water partition coefficient (Wildman–Crippen LogP) is 3.21. The molecular weight excluding hydrogens is 542 g/mol. The normalized spacial score (nSPS) is 16.7. The Kier molecular flexibility index (Phi) is 10.2. The molecule has 2 aromatic carbocycles. The number of hydrogen-bond acceptors (Lipinski definition) is 6. The number of carbonyl (C=O) groups is 3. The largest absolute Gasteiger partial charge is 0.478 e. The maximum absolute atomic E-state index is 14.6. The smallest absolute Gasteiger partial charge is 0.345 e. The fraction of sp³-hybridized carbons (Fsp3) is 0.423. The van der Waals surface area contributed by atoms with Gasteiger partial charge >= 0.3 is 5.97 Å². The minimum atomic E-state index is -1.33. The van der Waals surface area contributed by atoms with Crippen molar-refractivity contribution < 1.29 is 41.8 Å². The van der Waals surface area contributed by atoms with Crippen molar-refractivity contribution in [2.45, 2.75) is 50.8 Å². The van der Waals surface area contributed by atoms with Crippen molar-refractivity contribution in [1.82, 2.24) is 10.2 Å². The molecule has 2 unspecified atom stereocenters. The van der Waals surface area contributed by atoms with E-state index in [0.717, 1.165) is 6.07 Å². The number of nitrogens with one attached hydrogen (secondary N) is 1. The van der Waals surface area contributed by atoms with E-state index in [9.17, 15) is 37.1 Å². The summed E-state index contributed by atoms with van der Waals surface area (Å²) < 4.78 is 60.5. The first-order valence-electron chi connectivity index (χ1n) is 12.1. The van der Waals surface area contributed by atoms with Crippen LogP contribution in [0, 0.1) is 29.2 Å². The first kappa shape index (κ1) is 30.2. The van der Waals surface area contributed by atoms with Gasteiger partial charge in [0.1, 0.15) is 17.4 Å². The van der Waals surface area contributed by atoms with Gasteiger partial charge in [0.25, 0.3) is 5.91 Å². The number of halogens is 4. The zero-order valence-electron chi connectivity index (χ0n) is 21.3. The Morgan fingerprint density at radius 2 is 1.74 bits per heavy atom. The quantitative estimate of drug-likeness (QED) is 0.280. The molecule has 0 radical (unpaired) electrons. The fourth-order valence-electron chi connectivity index (χ4n) is 3.99. The third-order valence-corrected chi connectivity index (χ3v) is 7.24. The van der Waals surface area contributed by atoms with E-state index in [-0.39, 0.29) is 48.7 Å². The molecule has 3 atom stereocenters. The monoisotopic (exact) mass is 571 g/mol. The second-order valence-electron chi connectivity index (χ2n) is 9.43. The highest BCUT2D eigenvalue weighted by Crippen LogP contribution is 2.26. The molecule has 0 aliphatic carbocycles. The second-order valence-corrected chi connectivity index (χ2v) is 10.6. The highest BCUT2D eigenvalue weighted by molar-refractivity contribution is 8.00. The standard InChI is InChI=1S/C26H29F4N3O5S/c1-13(2)23(26(36)37)38-17-4-3-14(18(27)10-17)12-32-24(35)25-33(5-6-39-25)22(34)9-16(31)7-15-8-20(29)21(30)11-19(15)28/h3-4,8,10-11,13,16,23,25H,5-7,9,12,31H2,1-2H3,(H,32,35)(H,36,37)/t16-,23?,25?/m1/s1. The zero-order valence-corrected chi connectivity index (χ0v) is 22.1. The number of amides is 2. The van der Waals surface area contributed by atoms with Gasteiger partial charge in [-0.1, -0.05) is 19.9 Å². The number of thioether (sulfide) groups is 1. The van der Waals surface area contributed by atoms with Gasteiger partial charge in [-0.3, -0.25) is 9.59 Å². The van der Waals surface area contributed by atoms with Crippen molar-refractivity contribution in [2.24, 2.45) is 11.7 Å². The number of carboxylic acid groups (broad SMARTS) is 1. The number of nitrogens with two attached hydrogens (primary N) is 1. The molecule has 39 heavy (non-hydrogen) atoms. The van der Waals surface area contributed by atoms with Crippen molar-refractivity contribution in [3.05, 3.63) is 64.7 Å². The number of rotatable bonds is 11. The van der Waals surface area contributed by atoms with Crippen LogP contribution in [0.2, 0.25) is 0 Å². The molecule has 0 aromatic heterocycles. The van der Waals surface area contributed by atoms with E-state index < -0.39 is 58.6 Å². The minimum Gasteiger partial charge on any atom is -0.478 e. The molecule has 1 aliphatic heterocycles. The molecule has 2 aromatic rings. The van der Waals surface area contributed by atoms with Gasteiger partial charge in [-0.25, -0.2) is 22.4 Å². The minimum absolute atomic E-state index is 0.0337. The van der Waals surface area contributed by atoms with E-state index >= 15 is 0 Å². The molecule has 0 bridgehead atoms. The summed E-state index contributed by atoms with van der Waals surface area (Å²) in [4.78, 5) is 38.2. The van der Waals surface area contributed by atoms with Gasteiger partial charge in [0.15, 0.2) is 23.1 Å². The molecule has 1 heterocycles. The number of hydrogen-bond donors (Lipinski definition) is 3. The lowest BCUT2D eigenvalue weighted by molar-refractivity contribution is -0.147. The Morgan fingerprint density at radius 3 is 2.38 bits per heavy atom. The Balaban J connectivity index is 1.56. The molecular formula is C26H29F4N3O5S. The van der Waals surface area contributed by atoms with E-state index in [2.05, 4.69) is 5.32 Å². The highest BCUT2D eigenvalue weighted by Gasteiger charge is 2.35. The van der Waals surface area contributed by atoms with Crippen molar-refractivity contribution >= 4 is 29.5 Å². The summed E-state index contributed by atoms with van der Waals surface area (Å²) in [5.41, 5.74) is 5.92. The van der Waals surface area contributed by atoms with Gasteiger partial charge in [-0.2, -0.15) is 0 Å². The zero-order chi connectivity index (χ0) is 28.9. The lowest BCUT2D eigenvalue weighted by Crippen LogP contribution is -2.46. The maximum Gasteiger partial charge on any atom is 0.345 e. The lowest BCUT2D eigenvalue weighted by atomic mass is 10.0. The maximum atomic E-state index is 14.6. The van der Waals surface area contributed by atoms with Crippen LogP contribution in [0.3, 0.4) is 0 Å². The Morgan fingerprint density at radius 1 is 1.08 bits per heavy atom. The summed E-state index contributed by atoms with van der Waals surface area (Å²) in [5, 5.41) is 10.9. The SMILES string of the molecule is CC(C)C(Oc1ccc(CNC(=O)C2SCCN2C(=O)C[C@H](N)Cc2cc(F)c(F)cc2F)c(F)c1)C(=O)O. The van der Waals surface area contributed by atoms with Crippen LogP contribution in [0.15, 0.2) is 30.3 Å². The summed E-state index contributed by atoms with van der Waals surface area (Å²) in [6, 6.07) is 4.02. The predicted molar refractivity (Wildman–Crippen MR) is 136 cm³/mol. The van der Waals surface area contributed by atoms with E-state index in [4.69, 9.17) is 10.5 Å². The van der Waals surface area contributed by atoms with Gasteiger partial charge in [0, 0.05) is 54.9 Å². The van der Waals surface area contributed by atoms with Crippen LogP contribution in [0.5, 0.6) is 5.75 Å². The summed E-state index contributed by atoms with van der Waals surface area (Å²) in [6.07, 6.45) is -1.62. The van der Waals surface area contributed by atoms with Crippen LogP contribution in [-0.4, -0.2) is 57.6 Å². The van der Waals surface area contributed by atoms with Crippen LogP contribution >= 0.6 is 11.8 Å².